The third-order valence-corrected chi connectivity index (χ3v) is 6.06. The molecule has 0 saturated carbocycles. The van der Waals surface area contributed by atoms with Crippen molar-refractivity contribution in [2.45, 2.75) is 103 Å². The summed E-state index contributed by atoms with van der Waals surface area (Å²) in [5, 5.41) is 0. The van der Waals surface area contributed by atoms with Crippen LogP contribution in [0.1, 0.15) is 97.3 Å². The van der Waals surface area contributed by atoms with Crippen LogP contribution in [0.25, 0.3) is 0 Å². The summed E-state index contributed by atoms with van der Waals surface area (Å²) in [5.74, 6) is 0. The standard InChI is InChI=1S/C21H41NO/c1-3-5-7-9-11-13-20(14-12-10-8-6-4-2)22-17-21(18-22)15-16-23-19-21/h20H,3-19H2,1-2H3. The van der Waals surface area contributed by atoms with E-state index in [4.69, 9.17) is 4.74 Å². The Labute approximate surface area is 145 Å². The highest BCUT2D eigenvalue weighted by Gasteiger charge is 2.47. The van der Waals surface area contributed by atoms with Crippen LogP contribution in [-0.4, -0.2) is 37.2 Å². The lowest BCUT2D eigenvalue weighted by Gasteiger charge is -2.51. The smallest absolute Gasteiger partial charge is 0.0547 e. The lowest BCUT2D eigenvalue weighted by atomic mass is 9.77. The fourth-order valence-electron chi connectivity index (χ4n) is 4.45. The van der Waals surface area contributed by atoms with E-state index in [0.717, 1.165) is 19.3 Å². The molecule has 2 rings (SSSR count). The van der Waals surface area contributed by atoms with E-state index in [1.165, 1.54) is 96.6 Å². The fraction of sp³-hybridized carbons (Fsp3) is 1.00. The molecule has 1 spiro atoms. The van der Waals surface area contributed by atoms with Gasteiger partial charge in [-0.05, 0) is 19.3 Å². The van der Waals surface area contributed by atoms with E-state index in [-0.39, 0.29) is 0 Å². The second kappa shape index (κ2) is 10.7. The van der Waals surface area contributed by atoms with Crippen molar-refractivity contribution in [1.29, 1.82) is 0 Å². The van der Waals surface area contributed by atoms with Crippen molar-refractivity contribution in [3.05, 3.63) is 0 Å². The molecule has 2 nitrogen and oxygen atoms in total. The highest BCUT2D eigenvalue weighted by molar-refractivity contribution is 4.99. The molecule has 0 amide bonds. The highest BCUT2D eigenvalue weighted by atomic mass is 16.5. The van der Waals surface area contributed by atoms with E-state index in [2.05, 4.69) is 18.7 Å². The van der Waals surface area contributed by atoms with E-state index in [1.807, 2.05) is 0 Å². The summed E-state index contributed by atoms with van der Waals surface area (Å²) in [6.07, 6.45) is 18.4. The highest BCUT2D eigenvalue weighted by Crippen LogP contribution is 2.40. The average Bonchev–Trinajstić information content (AvgIpc) is 3.01. The molecule has 0 N–H and O–H groups in total. The first kappa shape index (κ1) is 19.2. The number of hydrogen-bond acceptors (Lipinski definition) is 2. The summed E-state index contributed by atoms with van der Waals surface area (Å²) in [4.78, 5) is 2.80. The van der Waals surface area contributed by atoms with Crippen molar-refractivity contribution >= 4 is 0 Å². The molecule has 2 aliphatic rings. The zero-order valence-electron chi connectivity index (χ0n) is 16.0. The summed E-state index contributed by atoms with van der Waals surface area (Å²) in [5.41, 5.74) is 0.558. The van der Waals surface area contributed by atoms with Gasteiger partial charge in [0.1, 0.15) is 0 Å². The molecule has 2 heterocycles. The molecule has 2 saturated heterocycles. The van der Waals surface area contributed by atoms with Crippen LogP contribution in [-0.2, 0) is 4.74 Å². The van der Waals surface area contributed by atoms with E-state index >= 15 is 0 Å². The van der Waals surface area contributed by atoms with Gasteiger partial charge in [0.15, 0.2) is 0 Å². The molecular formula is C21H41NO. The Morgan fingerprint density at radius 3 is 1.87 bits per heavy atom. The summed E-state index contributed by atoms with van der Waals surface area (Å²) < 4.78 is 5.65. The topological polar surface area (TPSA) is 12.5 Å². The zero-order valence-corrected chi connectivity index (χ0v) is 16.0. The Hall–Kier alpha value is -0.0800. The number of rotatable bonds is 13. The van der Waals surface area contributed by atoms with Crippen molar-refractivity contribution in [3.8, 4) is 0 Å². The van der Waals surface area contributed by atoms with E-state index in [1.54, 1.807) is 0 Å². The Morgan fingerprint density at radius 1 is 0.826 bits per heavy atom. The van der Waals surface area contributed by atoms with Crippen LogP contribution in [0.15, 0.2) is 0 Å². The quantitative estimate of drug-likeness (QED) is 0.397. The molecule has 0 radical (unpaired) electrons. The molecule has 0 aromatic carbocycles. The summed E-state index contributed by atoms with van der Waals surface area (Å²) in [6.45, 7) is 9.30. The first-order valence-corrected chi connectivity index (χ1v) is 10.6. The van der Waals surface area contributed by atoms with Crippen molar-refractivity contribution in [1.82, 2.24) is 4.90 Å². The number of nitrogens with zero attached hydrogens (tertiary/aromatic N) is 1. The maximum atomic E-state index is 5.65. The first-order chi connectivity index (χ1) is 11.3. The van der Waals surface area contributed by atoms with Crippen molar-refractivity contribution in [3.63, 3.8) is 0 Å². The molecule has 2 heteroatoms. The second-order valence-corrected chi connectivity index (χ2v) is 8.27. The van der Waals surface area contributed by atoms with E-state index in [9.17, 15) is 0 Å². The van der Waals surface area contributed by atoms with Crippen LogP contribution in [0.5, 0.6) is 0 Å². The van der Waals surface area contributed by atoms with Gasteiger partial charge in [0.2, 0.25) is 0 Å². The number of ether oxygens (including phenoxy) is 1. The number of likely N-dealkylation sites (tertiary alicyclic amines) is 1. The summed E-state index contributed by atoms with van der Waals surface area (Å²) in [7, 11) is 0. The second-order valence-electron chi connectivity index (χ2n) is 8.27. The lowest BCUT2D eigenvalue weighted by molar-refractivity contribution is -0.0409. The van der Waals surface area contributed by atoms with Gasteiger partial charge in [-0.15, -0.1) is 0 Å². The molecular weight excluding hydrogens is 282 g/mol. The van der Waals surface area contributed by atoms with Crippen LogP contribution < -0.4 is 0 Å². The monoisotopic (exact) mass is 323 g/mol. The molecule has 2 fully saturated rings. The summed E-state index contributed by atoms with van der Waals surface area (Å²) >= 11 is 0. The van der Waals surface area contributed by atoms with Crippen LogP contribution in [0.3, 0.4) is 0 Å². The molecule has 0 aromatic rings. The lowest BCUT2D eigenvalue weighted by Crippen LogP contribution is -2.60. The first-order valence-electron chi connectivity index (χ1n) is 10.6. The minimum atomic E-state index is 0.558. The molecule has 0 atom stereocenters. The van der Waals surface area contributed by atoms with Crippen LogP contribution in [0.4, 0.5) is 0 Å². The van der Waals surface area contributed by atoms with Crippen LogP contribution in [0, 0.1) is 5.41 Å². The molecule has 0 bridgehead atoms. The third-order valence-electron chi connectivity index (χ3n) is 6.06. The fourth-order valence-corrected chi connectivity index (χ4v) is 4.45. The van der Waals surface area contributed by atoms with Crippen molar-refractivity contribution < 1.29 is 4.74 Å². The van der Waals surface area contributed by atoms with Gasteiger partial charge in [-0.2, -0.15) is 0 Å². The Balaban J connectivity index is 1.66. The molecule has 0 aliphatic carbocycles. The largest absolute Gasteiger partial charge is 0.381 e. The number of unbranched alkanes of at least 4 members (excludes halogenated alkanes) is 8. The van der Waals surface area contributed by atoms with Gasteiger partial charge in [-0.3, -0.25) is 4.90 Å². The Morgan fingerprint density at radius 2 is 1.39 bits per heavy atom. The molecule has 0 unspecified atom stereocenters. The number of hydrogen-bond donors (Lipinski definition) is 0. The Kier molecular flexibility index (Phi) is 8.97. The molecule has 2 aliphatic heterocycles. The van der Waals surface area contributed by atoms with Gasteiger partial charge >= 0.3 is 0 Å². The van der Waals surface area contributed by atoms with E-state index < -0.39 is 0 Å². The van der Waals surface area contributed by atoms with Crippen LogP contribution >= 0.6 is 0 Å². The maximum Gasteiger partial charge on any atom is 0.0547 e. The van der Waals surface area contributed by atoms with Gasteiger partial charge in [0.25, 0.3) is 0 Å². The SMILES string of the molecule is CCCCCCCC(CCCCCCC)N1CC2(CCOC2)C1. The summed E-state index contributed by atoms with van der Waals surface area (Å²) in [6, 6.07) is 0.865. The minimum absolute atomic E-state index is 0.558. The van der Waals surface area contributed by atoms with Crippen molar-refractivity contribution in [2.24, 2.45) is 5.41 Å². The molecule has 0 aromatic heterocycles. The van der Waals surface area contributed by atoms with Crippen molar-refractivity contribution in [2.75, 3.05) is 26.3 Å². The molecule has 136 valence electrons. The molecule has 23 heavy (non-hydrogen) atoms. The zero-order chi connectivity index (χ0) is 16.4. The third kappa shape index (κ3) is 6.38. The van der Waals surface area contributed by atoms with Gasteiger partial charge in [0.05, 0.1) is 6.61 Å². The predicted octanol–water partition coefficient (Wildman–Crippen LogP) is 5.80. The van der Waals surface area contributed by atoms with Gasteiger partial charge < -0.3 is 4.74 Å². The Bertz CT molecular complexity index is 276. The van der Waals surface area contributed by atoms with Gasteiger partial charge in [0, 0.05) is 31.2 Å². The minimum Gasteiger partial charge on any atom is -0.381 e. The van der Waals surface area contributed by atoms with E-state index in [0.29, 0.717) is 5.41 Å². The van der Waals surface area contributed by atoms with Crippen LogP contribution in [0.2, 0.25) is 0 Å². The average molecular weight is 324 g/mol. The van der Waals surface area contributed by atoms with Gasteiger partial charge in [-0.1, -0.05) is 78.1 Å². The normalized spacial score (nSPS) is 20.5. The predicted molar refractivity (Wildman–Crippen MR) is 100.0 cm³/mol. The maximum absolute atomic E-state index is 5.65. The van der Waals surface area contributed by atoms with Gasteiger partial charge in [-0.25, -0.2) is 0 Å².